The molecule has 1 saturated heterocycles. The van der Waals surface area contributed by atoms with Crippen LogP contribution in [0.1, 0.15) is 45.2 Å². The molecule has 0 unspecified atom stereocenters. The number of benzene rings is 1. The summed E-state index contributed by atoms with van der Waals surface area (Å²) in [5.41, 5.74) is 8.48. The first-order valence-electron chi connectivity index (χ1n) is 11.3. The maximum Gasteiger partial charge on any atom is 0.0918 e. The van der Waals surface area contributed by atoms with Gasteiger partial charge in [-0.1, -0.05) is 33.3 Å². The molecule has 0 saturated carbocycles. The number of hydrogen-bond donors (Lipinski definition) is 3. The van der Waals surface area contributed by atoms with E-state index in [1.807, 2.05) is 13.8 Å². The fraction of sp³-hybridized carbons (Fsp3) is 0.500. The SMILES string of the molecule is CC.CCCc1cc(CNC2=CNCC(C)=C2N2CCNCC2)cc2nccnc12. The summed E-state index contributed by atoms with van der Waals surface area (Å²) in [5.74, 6) is 0. The third-order valence-electron chi connectivity index (χ3n) is 5.42. The summed E-state index contributed by atoms with van der Waals surface area (Å²) in [4.78, 5) is 11.6. The lowest BCUT2D eigenvalue weighted by atomic mass is 10.0. The molecule has 0 radical (unpaired) electrons. The van der Waals surface area contributed by atoms with Crippen LogP contribution in [0.25, 0.3) is 11.0 Å². The molecule has 162 valence electrons. The van der Waals surface area contributed by atoms with E-state index in [9.17, 15) is 0 Å². The number of piperazine rings is 1. The maximum absolute atomic E-state index is 4.55. The van der Waals surface area contributed by atoms with Crippen LogP contribution in [0.2, 0.25) is 0 Å². The lowest BCUT2D eigenvalue weighted by Gasteiger charge is -2.36. The number of aromatic nitrogens is 2. The van der Waals surface area contributed by atoms with E-state index in [2.05, 4.69) is 63.0 Å². The Morgan fingerprint density at radius 1 is 1.10 bits per heavy atom. The van der Waals surface area contributed by atoms with Crippen molar-refractivity contribution in [3.8, 4) is 0 Å². The second-order valence-corrected chi connectivity index (χ2v) is 7.59. The first kappa shape index (κ1) is 22.1. The molecule has 2 aliphatic heterocycles. The minimum absolute atomic E-state index is 0.777. The van der Waals surface area contributed by atoms with E-state index in [1.165, 1.54) is 28.1 Å². The Morgan fingerprint density at radius 3 is 2.63 bits per heavy atom. The van der Waals surface area contributed by atoms with Crippen LogP contribution in [0.15, 0.2) is 47.7 Å². The molecule has 1 aromatic heterocycles. The van der Waals surface area contributed by atoms with Gasteiger partial charge in [0.25, 0.3) is 0 Å². The number of aryl methyl sites for hydroxylation is 1. The Hall–Kier alpha value is -2.60. The minimum atomic E-state index is 0.777. The van der Waals surface area contributed by atoms with Gasteiger partial charge in [-0.3, -0.25) is 9.97 Å². The van der Waals surface area contributed by atoms with Crippen LogP contribution >= 0.6 is 0 Å². The summed E-state index contributed by atoms with van der Waals surface area (Å²) in [7, 11) is 0. The van der Waals surface area contributed by atoms with Crippen LogP contribution in [0.3, 0.4) is 0 Å². The second-order valence-electron chi connectivity index (χ2n) is 7.59. The zero-order valence-corrected chi connectivity index (χ0v) is 18.9. The Balaban J connectivity index is 0.00000124. The van der Waals surface area contributed by atoms with Crippen molar-refractivity contribution < 1.29 is 0 Å². The van der Waals surface area contributed by atoms with Gasteiger partial charge in [0.15, 0.2) is 0 Å². The van der Waals surface area contributed by atoms with Crippen LogP contribution in [-0.2, 0) is 13.0 Å². The molecule has 2 aromatic rings. The van der Waals surface area contributed by atoms with Gasteiger partial charge < -0.3 is 20.9 Å². The molecule has 1 aromatic carbocycles. The highest BCUT2D eigenvalue weighted by atomic mass is 15.2. The van der Waals surface area contributed by atoms with Crippen molar-refractivity contribution in [2.45, 2.75) is 47.1 Å². The van der Waals surface area contributed by atoms with Gasteiger partial charge in [-0.2, -0.15) is 0 Å². The summed E-state index contributed by atoms with van der Waals surface area (Å²) in [6, 6.07) is 4.44. The van der Waals surface area contributed by atoms with E-state index in [-0.39, 0.29) is 0 Å². The summed E-state index contributed by atoms with van der Waals surface area (Å²) >= 11 is 0. The average Bonchev–Trinajstić information content (AvgIpc) is 2.80. The molecular weight excluding hydrogens is 372 g/mol. The normalized spacial score (nSPS) is 16.5. The molecule has 1 fully saturated rings. The Kier molecular flexibility index (Phi) is 8.08. The molecule has 6 heteroatoms. The van der Waals surface area contributed by atoms with Gasteiger partial charge in [0, 0.05) is 57.9 Å². The van der Waals surface area contributed by atoms with Crippen LogP contribution < -0.4 is 16.0 Å². The molecule has 2 aliphatic rings. The Morgan fingerprint density at radius 2 is 1.87 bits per heavy atom. The second kappa shape index (κ2) is 11.0. The summed E-state index contributed by atoms with van der Waals surface area (Å²) in [5, 5.41) is 10.5. The summed E-state index contributed by atoms with van der Waals surface area (Å²) < 4.78 is 0. The van der Waals surface area contributed by atoms with Gasteiger partial charge in [0.2, 0.25) is 0 Å². The molecular formula is C24H36N6. The van der Waals surface area contributed by atoms with E-state index in [0.29, 0.717) is 0 Å². The highest BCUT2D eigenvalue weighted by molar-refractivity contribution is 5.78. The van der Waals surface area contributed by atoms with Gasteiger partial charge in [0.05, 0.1) is 22.4 Å². The van der Waals surface area contributed by atoms with E-state index < -0.39 is 0 Å². The molecule has 3 heterocycles. The van der Waals surface area contributed by atoms with Crippen LogP contribution in [0.4, 0.5) is 0 Å². The Bertz CT molecular complexity index is 896. The molecule has 30 heavy (non-hydrogen) atoms. The van der Waals surface area contributed by atoms with Crippen molar-refractivity contribution in [2.24, 2.45) is 0 Å². The average molecular weight is 409 g/mol. The molecule has 0 spiro atoms. The van der Waals surface area contributed by atoms with Crippen molar-refractivity contribution in [3.63, 3.8) is 0 Å². The molecule has 0 amide bonds. The third-order valence-corrected chi connectivity index (χ3v) is 5.42. The number of rotatable bonds is 6. The lowest BCUT2D eigenvalue weighted by molar-refractivity contribution is 0.296. The van der Waals surface area contributed by atoms with Crippen molar-refractivity contribution in [2.75, 3.05) is 32.7 Å². The first-order chi connectivity index (χ1) is 14.8. The topological polar surface area (TPSA) is 65.1 Å². The fourth-order valence-electron chi connectivity index (χ4n) is 4.12. The summed E-state index contributed by atoms with van der Waals surface area (Å²) in [6.07, 6.45) is 7.81. The largest absolute Gasteiger partial charge is 0.385 e. The van der Waals surface area contributed by atoms with Gasteiger partial charge in [-0.15, -0.1) is 0 Å². The van der Waals surface area contributed by atoms with Crippen molar-refractivity contribution in [3.05, 3.63) is 58.8 Å². The molecule has 0 bridgehead atoms. The van der Waals surface area contributed by atoms with Gasteiger partial charge in [0.1, 0.15) is 0 Å². The van der Waals surface area contributed by atoms with E-state index in [1.54, 1.807) is 12.4 Å². The summed E-state index contributed by atoms with van der Waals surface area (Å²) in [6.45, 7) is 14.3. The van der Waals surface area contributed by atoms with Crippen molar-refractivity contribution in [1.29, 1.82) is 0 Å². The third kappa shape index (κ3) is 5.11. The smallest absolute Gasteiger partial charge is 0.0918 e. The van der Waals surface area contributed by atoms with Crippen LogP contribution in [0.5, 0.6) is 0 Å². The van der Waals surface area contributed by atoms with Gasteiger partial charge in [-0.25, -0.2) is 0 Å². The molecule has 0 atom stereocenters. The lowest BCUT2D eigenvalue weighted by Crippen LogP contribution is -2.45. The van der Waals surface area contributed by atoms with Crippen molar-refractivity contribution in [1.82, 2.24) is 30.8 Å². The number of nitrogens with one attached hydrogen (secondary N) is 3. The van der Waals surface area contributed by atoms with Crippen LogP contribution in [0, 0.1) is 0 Å². The highest BCUT2D eigenvalue weighted by Gasteiger charge is 2.21. The quantitative estimate of drug-likeness (QED) is 0.681. The minimum Gasteiger partial charge on any atom is -0.385 e. The number of dihydropyridines is 1. The van der Waals surface area contributed by atoms with Crippen molar-refractivity contribution >= 4 is 11.0 Å². The monoisotopic (exact) mass is 408 g/mol. The van der Waals surface area contributed by atoms with Gasteiger partial charge in [-0.05, 0) is 36.1 Å². The highest BCUT2D eigenvalue weighted by Crippen LogP contribution is 2.23. The molecule has 3 N–H and O–H groups in total. The number of nitrogens with zero attached hydrogens (tertiary/aromatic N) is 3. The van der Waals surface area contributed by atoms with Gasteiger partial charge >= 0.3 is 0 Å². The first-order valence-corrected chi connectivity index (χ1v) is 11.3. The van der Waals surface area contributed by atoms with E-state index in [0.717, 1.165) is 63.1 Å². The predicted molar refractivity (Wildman–Crippen MR) is 125 cm³/mol. The predicted octanol–water partition coefficient (Wildman–Crippen LogP) is 3.32. The number of hydrogen-bond acceptors (Lipinski definition) is 6. The molecule has 0 aliphatic carbocycles. The van der Waals surface area contributed by atoms with E-state index in [4.69, 9.17) is 0 Å². The molecule has 4 rings (SSSR count). The zero-order chi connectivity index (χ0) is 21.3. The maximum atomic E-state index is 4.55. The van der Waals surface area contributed by atoms with Crippen LogP contribution in [-0.4, -0.2) is 47.6 Å². The number of fused-ring (bicyclic) bond motifs is 1. The molecule has 6 nitrogen and oxygen atoms in total. The Labute approximate surface area is 180 Å². The zero-order valence-electron chi connectivity index (χ0n) is 18.9. The fourth-order valence-corrected chi connectivity index (χ4v) is 4.12. The van der Waals surface area contributed by atoms with E-state index >= 15 is 0 Å². The standard InChI is InChI=1S/C22H30N6.C2H6/c1-3-4-18-11-17(12-19-21(18)26-6-5-25-19)14-27-20-15-24-13-16(2)22(20)28-9-7-23-8-10-28;1-2/h5-6,11-12,15,23-24,27H,3-4,7-10,13-14H2,1-2H3;1-2H3.